The van der Waals surface area contributed by atoms with Gasteiger partial charge in [0.05, 0.1) is 5.92 Å². The number of carbonyl (C=O) groups excluding carboxylic acids is 2. The summed E-state index contributed by atoms with van der Waals surface area (Å²) < 4.78 is 0. The number of hydrogen-bond donors (Lipinski definition) is 2. The largest absolute Gasteiger partial charge is 0.351 e. The van der Waals surface area contributed by atoms with Crippen molar-refractivity contribution in [3.8, 4) is 0 Å². The fourth-order valence-corrected chi connectivity index (χ4v) is 3.50. The molecule has 2 N–H and O–H groups in total. The molecule has 2 aromatic carbocycles. The summed E-state index contributed by atoms with van der Waals surface area (Å²) in [6, 6.07) is 19.1. The van der Waals surface area contributed by atoms with Crippen LogP contribution in [0.3, 0.4) is 0 Å². The zero-order chi connectivity index (χ0) is 17.9. The van der Waals surface area contributed by atoms with E-state index in [1.165, 1.54) is 0 Å². The summed E-state index contributed by atoms with van der Waals surface area (Å²) in [5, 5.41) is 3.97. The molecule has 1 aromatic heterocycles. The van der Waals surface area contributed by atoms with Crippen LogP contribution < -0.4 is 5.32 Å². The highest BCUT2D eigenvalue weighted by atomic mass is 16.2. The predicted octanol–water partition coefficient (Wildman–Crippen LogP) is 3.66. The Morgan fingerprint density at radius 3 is 2.62 bits per heavy atom. The maximum atomic E-state index is 12.9. The highest BCUT2D eigenvalue weighted by Crippen LogP contribution is 2.22. The van der Waals surface area contributed by atoms with E-state index >= 15 is 0 Å². The molecule has 5 heteroatoms. The number of aromatic nitrogens is 1. The van der Waals surface area contributed by atoms with Crippen molar-refractivity contribution in [2.75, 3.05) is 18.4 Å². The molecule has 0 spiro atoms. The fourth-order valence-electron chi connectivity index (χ4n) is 3.50. The van der Waals surface area contributed by atoms with E-state index < -0.39 is 0 Å². The van der Waals surface area contributed by atoms with Gasteiger partial charge >= 0.3 is 0 Å². The number of likely N-dealkylation sites (tertiary alicyclic amines) is 1. The number of piperidine rings is 1. The van der Waals surface area contributed by atoms with E-state index in [1.807, 2.05) is 60.7 Å². The average Bonchev–Trinajstić information content (AvgIpc) is 3.12. The van der Waals surface area contributed by atoms with E-state index in [1.54, 1.807) is 4.90 Å². The molecule has 1 unspecified atom stereocenters. The second kappa shape index (κ2) is 7.04. The molecule has 0 aliphatic carbocycles. The minimum atomic E-state index is -0.183. The Hall–Kier alpha value is -3.08. The topological polar surface area (TPSA) is 65.2 Å². The molecule has 1 aliphatic heterocycles. The van der Waals surface area contributed by atoms with Gasteiger partial charge in [0, 0.05) is 29.7 Å². The minimum absolute atomic E-state index is 0.0228. The van der Waals surface area contributed by atoms with E-state index in [4.69, 9.17) is 0 Å². The monoisotopic (exact) mass is 347 g/mol. The maximum absolute atomic E-state index is 12.9. The van der Waals surface area contributed by atoms with Crippen LogP contribution in [-0.2, 0) is 4.79 Å². The van der Waals surface area contributed by atoms with E-state index in [9.17, 15) is 9.59 Å². The molecule has 0 saturated carbocycles. The van der Waals surface area contributed by atoms with Crippen LogP contribution in [0, 0.1) is 5.92 Å². The third kappa shape index (κ3) is 3.33. The van der Waals surface area contributed by atoms with Gasteiger partial charge in [0.15, 0.2) is 0 Å². The molecule has 26 heavy (non-hydrogen) atoms. The van der Waals surface area contributed by atoms with Crippen LogP contribution in [0.4, 0.5) is 5.69 Å². The molecule has 0 radical (unpaired) electrons. The number of fused-ring (bicyclic) bond motifs is 1. The number of amides is 2. The van der Waals surface area contributed by atoms with E-state index in [-0.39, 0.29) is 17.7 Å². The van der Waals surface area contributed by atoms with Gasteiger partial charge in [0.2, 0.25) is 5.91 Å². The lowest BCUT2D eigenvalue weighted by Crippen LogP contribution is -2.43. The van der Waals surface area contributed by atoms with Gasteiger partial charge in [-0.1, -0.05) is 36.4 Å². The summed E-state index contributed by atoms with van der Waals surface area (Å²) in [7, 11) is 0. The number of anilines is 1. The van der Waals surface area contributed by atoms with Crippen LogP contribution in [-0.4, -0.2) is 34.8 Å². The molecule has 0 bridgehead atoms. The summed E-state index contributed by atoms with van der Waals surface area (Å²) in [5.74, 6) is -0.249. The molecule has 2 heterocycles. The van der Waals surface area contributed by atoms with Gasteiger partial charge in [-0.2, -0.15) is 0 Å². The average molecular weight is 347 g/mol. The number of rotatable bonds is 3. The molecule has 5 nitrogen and oxygen atoms in total. The van der Waals surface area contributed by atoms with Crippen molar-refractivity contribution in [1.82, 2.24) is 9.88 Å². The van der Waals surface area contributed by atoms with Crippen molar-refractivity contribution < 1.29 is 9.59 Å². The van der Waals surface area contributed by atoms with Gasteiger partial charge in [-0.25, -0.2) is 0 Å². The van der Waals surface area contributed by atoms with Crippen molar-refractivity contribution in [3.63, 3.8) is 0 Å². The first-order valence-corrected chi connectivity index (χ1v) is 8.93. The number of aromatic amines is 1. The Bertz CT molecular complexity index is 900. The Morgan fingerprint density at radius 1 is 1.04 bits per heavy atom. The third-order valence-corrected chi connectivity index (χ3v) is 4.88. The van der Waals surface area contributed by atoms with Gasteiger partial charge in [-0.05, 0) is 37.1 Å². The number of para-hydroxylation sites is 2. The highest BCUT2D eigenvalue weighted by molar-refractivity contribution is 5.99. The standard InChI is InChI=1S/C21H21N3O2/c25-20(22-17-9-2-1-3-10-17)16-8-6-12-24(14-16)21(26)19-13-15-7-4-5-11-18(15)23-19/h1-5,7,9-11,13,16,23H,6,8,12,14H2,(H,22,25). The molecule has 1 saturated heterocycles. The fraction of sp³-hybridized carbons (Fsp3) is 0.238. The minimum Gasteiger partial charge on any atom is -0.351 e. The van der Waals surface area contributed by atoms with Gasteiger partial charge in [-0.15, -0.1) is 0 Å². The first-order chi connectivity index (χ1) is 12.7. The first-order valence-electron chi connectivity index (χ1n) is 8.93. The molecule has 4 rings (SSSR count). The van der Waals surface area contributed by atoms with E-state index in [0.717, 1.165) is 29.4 Å². The van der Waals surface area contributed by atoms with Crippen LogP contribution in [0.25, 0.3) is 10.9 Å². The SMILES string of the molecule is O=C(Nc1ccccc1)C1CCCN(C(=O)c2cc3ccccc3[nH]2)C1. The molecule has 1 fully saturated rings. The smallest absolute Gasteiger partial charge is 0.270 e. The summed E-state index contributed by atoms with van der Waals surface area (Å²) in [4.78, 5) is 30.4. The molecule has 2 amide bonds. The van der Waals surface area contributed by atoms with Crippen molar-refractivity contribution in [3.05, 3.63) is 66.4 Å². The molecular weight excluding hydrogens is 326 g/mol. The van der Waals surface area contributed by atoms with Crippen molar-refractivity contribution >= 4 is 28.4 Å². The van der Waals surface area contributed by atoms with Crippen molar-refractivity contribution in [2.24, 2.45) is 5.92 Å². The quantitative estimate of drug-likeness (QED) is 0.759. The van der Waals surface area contributed by atoms with Crippen LogP contribution in [0.1, 0.15) is 23.3 Å². The summed E-state index contributed by atoms with van der Waals surface area (Å²) in [6.45, 7) is 1.14. The molecule has 1 atom stereocenters. The van der Waals surface area contributed by atoms with Gasteiger partial charge in [0.25, 0.3) is 5.91 Å². The van der Waals surface area contributed by atoms with Crippen molar-refractivity contribution in [2.45, 2.75) is 12.8 Å². The van der Waals surface area contributed by atoms with Gasteiger partial charge in [0.1, 0.15) is 5.69 Å². The normalized spacial score (nSPS) is 17.2. The first kappa shape index (κ1) is 16.4. The second-order valence-corrected chi connectivity index (χ2v) is 6.72. The number of nitrogens with zero attached hydrogens (tertiary/aromatic N) is 1. The second-order valence-electron chi connectivity index (χ2n) is 6.72. The van der Waals surface area contributed by atoms with Crippen LogP contribution in [0.15, 0.2) is 60.7 Å². The van der Waals surface area contributed by atoms with Crippen LogP contribution in [0.5, 0.6) is 0 Å². The zero-order valence-electron chi connectivity index (χ0n) is 14.4. The van der Waals surface area contributed by atoms with Crippen molar-refractivity contribution in [1.29, 1.82) is 0 Å². The molecule has 1 aliphatic rings. The zero-order valence-corrected chi connectivity index (χ0v) is 14.4. The van der Waals surface area contributed by atoms with Crippen LogP contribution >= 0.6 is 0 Å². The Labute approximate surface area is 152 Å². The number of nitrogens with one attached hydrogen (secondary N) is 2. The predicted molar refractivity (Wildman–Crippen MR) is 102 cm³/mol. The lowest BCUT2D eigenvalue weighted by molar-refractivity contribution is -0.121. The maximum Gasteiger partial charge on any atom is 0.270 e. The lowest BCUT2D eigenvalue weighted by atomic mass is 9.96. The van der Waals surface area contributed by atoms with Gasteiger partial charge < -0.3 is 15.2 Å². The molecule has 132 valence electrons. The summed E-state index contributed by atoms with van der Waals surface area (Å²) in [5.41, 5.74) is 2.32. The lowest BCUT2D eigenvalue weighted by Gasteiger charge is -2.31. The van der Waals surface area contributed by atoms with E-state index in [2.05, 4.69) is 10.3 Å². The third-order valence-electron chi connectivity index (χ3n) is 4.88. The number of hydrogen-bond acceptors (Lipinski definition) is 2. The van der Waals surface area contributed by atoms with E-state index in [0.29, 0.717) is 18.8 Å². The molecule has 3 aromatic rings. The molecular formula is C21H21N3O2. The highest BCUT2D eigenvalue weighted by Gasteiger charge is 2.29. The number of H-pyrrole nitrogens is 1. The number of carbonyl (C=O) groups is 2. The number of benzene rings is 2. The Kier molecular flexibility index (Phi) is 4.44. The summed E-state index contributed by atoms with van der Waals surface area (Å²) in [6.07, 6.45) is 1.63. The Balaban J connectivity index is 1.45. The van der Waals surface area contributed by atoms with Crippen LogP contribution in [0.2, 0.25) is 0 Å². The summed E-state index contributed by atoms with van der Waals surface area (Å²) >= 11 is 0. The van der Waals surface area contributed by atoms with Gasteiger partial charge in [-0.3, -0.25) is 9.59 Å². The Morgan fingerprint density at radius 2 is 1.81 bits per heavy atom.